The van der Waals surface area contributed by atoms with E-state index in [4.69, 9.17) is 4.74 Å². The lowest BCUT2D eigenvalue weighted by Crippen LogP contribution is -2.51. The zero-order valence-electron chi connectivity index (χ0n) is 12.0. The van der Waals surface area contributed by atoms with Crippen molar-refractivity contribution >= 4 is 6.09 Å². The predicted molar refractivity (Wildman–Crippen MR) is 71.6 cm³/mol. The summed E-state index contributed by atoms with van der Waals surface area (Å²) >= 11 is 0. The molecule has 2 fully saturated rings. The lowest BCUT2D eigenvalue weighted by atomic mass is 9.98. The highest BCUT2D eigenvalue weighted by atomic mass is 16.6. The van der Waals surface area contributed by atoms with Gasteiger partial charge in [-0.25, -0.2) is 4.79 Å². The molecule has 0 unspecified atom stereocenters. The average molecular weight is 254 g/mol. The Morgan fingerprint density at radius 2 is 1.89 bits per heavy atom. The number of ether oxygens (including phenoxy) is 1. The van der Waals surface area contributed by atoms with E-state index in [1.54, 1.807) is 0 Å². The number of nitrogens with one attached hydrogen (secondary N) is 1. The van der Waals surface area contributed by atoms with E-state index in [2.05, 4.69) is 12.2 Å². The normalized spacial score (nSPS) is 29.2. The summed E-state index contributed by atoms with van der Waals surface area (Å²) in [5, 5.41) is 3.65. The third-order valence-electron chi connectivity index (χ3n) is 3.55. The van der Waals surface area contributed by atoms with Gasteiger partial charge in [0.2, 0.25) is 0 Å². The molecule has 1 saturated carbocycles. The molecule has 0 radical (unpaired) electrons. The van der Waals surface area contributed by atoms with E-state index in [-0.39, 0.29) is 12.1 Å². The summed E-state index contributed by atoms with van der Waals surface area (Å²) in [6.45, 7) is 8.66. The lowest BCUT2D eigenvalue weighted by molar-refractivity contribution is 0.00934. The van der Waals surface area contributed by atoms with E-state index in [9.17, 15) is 4.79 Å². The quantitative estimate of drug-likeness (QED) is 0.823. The highest BCUT2D eigenvalue weighted by Crippen LogP contribution is 2.25. The van der Waals surface area contributed by atoms with Crippen LogP contribution in [0.1, 0.15) is 53.4 Å². The molecular formula is C14H26N2O2. The molecular weight excluding hydrogens is 228 g/mol. The van der Waals surface area contributed by atoms with E-state index in [0.717, 1.165) is 25.4 Å². The second-order valence-corrected chi connectivity index (χ2v) is 6.68. The van der Waals surface area contributed by atoms with Crippen LogP contribution in [0.4, 0.5) is 4.79 Å². The number of likely N-dealkylation sites (tertiary alicyclic amines) is 1. The fourth-order valence-electron chi connectivity index (χ4n) is 2.50. The van der Waals surface area contributed by atoms with Crippen molar-refractivity contribution in [2.75, 3.05) is 6.54 Å². The molecule has 104 valence electrons. The minimum absolute atomic E-state index is 0.167. The first-order valence-electron chi connectivity index (χ1n) is 7.11. The fraction of sp³-hybridized carbons (Fsp3) is 0.929. The molecule has 1 N–H and O–H groups in total. The molecule has 4 nitrogen and oxygen atoms in total. The molecule has 1 aliphatic heterocycles. The largest absolute Gasteiger partial charge is 0.444 e. The van der Waals surface area contributed by atoms with Crippen LogP contribution in [0.5, 0.6) is 0 Å². The zero-order valence-corrected chi connectivity index (χ0v) is 12.0. The molecule has 0 aromatic heterocycles. The van der Waals surface area contributed by atoms with Crippen LogP contribution >= 0.6 is 0 Å². The van der Waals surface area contributed by atoms with Crippen LogP contribution in [-0.4, -0.2) is 41.3 Å². The smallest absolute Gasteiger partial charge is 0.410 e. The van der Waals surface area contributed by atoms with E-state index in [1.165, 1.54) is 12.8 Å². The summed E-state index contributed by atoms with van der Waals surface area (Å²) in [6.07, 6.45) is 4.55. The van der Waals surface area contributed by atoms with Crippen LogP contribution < -0.4 is 5.32 Å². The molecule has 0 aromatic carbocycles. The topological polar surface area (TPSA) is 41.6 Å². The van der Waals surface area contributed by atoms with Crippen molar-refractivity contribution in [3.05, 3.63) is 0 Å². The lowest BCUT2D eigenvalue weighted by Gasteiger charge is -2.38. The van der Waals surface area contributed by atoms with Crippen LogP contribution in [0, 0.1) is 0 Å². The van der Waals surface area contributed by atoms with Gasteiger partial charge in [0.15, 0.2) is 0 Å². The Morgan fingerprint density at radius 3 is 2.39 bits per heavy atom. The Kier molecular flexibility index (Phi) is 3.85. The first-order valence-corrected chi connectivity index (χ1v) is 7.11. The fourth-order valence-corrected chi connectivity index (χ4v) is 2.50. The van der Waals surface area contributed by atoms with Crippen LogP contribution in [0.2, 0.25) is 0 Å². The molecule has 0 spiro atoms. The maximum atomic E-state index is 12.0. The molecule has 0 aromatic rings. The van der Waals surface area contributed by atoms with Crippen molar-refractivity contribution in [2.45, 2.75) is 77.1 Å². The van der Waals surface area contributed by atoms with Crippen molar-refractivity contribution < 1.29 is 9.53 Å². The van der Waals surface area contributed by atoms with Gasteiger partial charge in [-0.2, -0.15) is 0 Å². The summed E-state index contributed by atoms with van der Waals surface area (Å²) in [5.74, 6) is 0. The number of nitrogens with zero attached hydrogens (tertiary/aromatic N) is 1. The molecule has 2 atom stereocenters. The Labute approximate surface area is 110 Å². The number of carbonyl (C=O) groups excluding carboxylic acids is 1. The van der Waals surface area contributed by atoms with Crippen molar-refractivity contribution in [3.63, 3.8) is 0 Å². The van der Waals surface area contributed by atoms with Gasteiger partial charge in [0, 0.05) is 24.7 Å². The van der Waals surface area contributed by atoms with Gasteiger partial charge in [0.1, 0.15) is 5.60 Å². The number of amides is 1. The minimum atomic E-state index is -0.403. The van der Waals surface area contributed by atoms with Crippen molar-refractivity contribution in [3.8, 4) is 0 Å². The summed E-state index contributed by atoms with van der Waals surface area (Å²) < 4.78 is 5.44. The van der Waals surface area contributed by atoms with Gasteiger partial charge in [0.25, 0.3) is 0 Å². The molecule has 1 aliphatic carbocycles. The van der Waals surface area contributed by atoms with Crippen molar-refractivity contribution in [1.82, 2.24) is 10.2 Å². The molecule has 1 saturated heterocycles. The number of piperidine rings is 1. The number of rotatable bonds is 2. The summed E-state index contributed by atoms with van der Waals surface area (Å²) in [6, 6.07) is 1.59. The van der Waals surface area contributed by atoms with Gasteiger partial charge in [0.05, 0.1) is 0 Å². The third kappa shape index (κ3) is 3.87. The maximum Gasteiger partial charge on any atom is 0.410 e. The number of hydrogen-bond donors (Lipinski definition) is 1. The molecule has 2 rings (SSSR count). The highest BCUT2D eigenvalue weighted by Gasteiger charge is 2.33. The summed E-state index contributed by atoms with van der Waals surface area (Å²) in [4.78, 5) is 13.9. The van der Waals surface area contributed by atoms with Crippen LogP contribution in [0.15, 0.2) is 0 Å². The number of hydrogen-bond acceptors (Lipinski definition) is 3. The van der Waals surface area contributed by atoms with E-state index >= 15 is 0 Å². The van der Waals surface area contributed by atoms with Crippen molar-refractivity contribution in [2.24, 2.45) is 0 Å². The molecule has 1 heterocycles. The zero-order chi connectivity index (χ0) is 13.3. The second-order valence-electron chi connectivity index (χ2n) is 6.68. The maximum absolute atomic E-state index is 12.0. The van der Waals surface area contributed by atoms with E-state index in [1.807, 2.05) is 25.7 Å². The van der Waals surface area contributed by atoms with Crippen LogP contribution in [0.25, 0.3) is 0 Å². The predicted octanol–water partition coefficient (Wildman–Crippen LogP) is 2.53. The molecule has 4 heteroatoms. The Balaban J connectivity index is 1.82. The van der Waals surface area contributed by atoms with Gasteiger partial charge >= 0.3 is 6.09 Å². The monoisotopic (exact) mass is 254 g/mol. The van der Waals surface area contributed by atoms with E-state index in [0.29, 0.717) is 6.04 Å². The summed E-state index contributed by atoms with van der Waals surface area (Å²) in [7, 11) is 0. The molecule has 18 heavy (non-hydrogen) atoms. The van der Waals surface area contributed by atoms with Gasteiger partial charge in [-0.15, -0.1) is 0 Å². The van der Waals surface area contributed by atoms with Gasteiger partial charge < -0.3 is 15.0 Å². The molecule has 1 amide bonds. The van der Waals surface area contributed by atoms with Crippen LogP contribution in [-0.2, 0) is 4.74 Å². The standard InChI is InChI=1S/C14H26N2O2/c1-10-9-12(15-11-5-6-11)7-8-16(10)13(17)18-14(2,3)4/h10-12,15H,5-9H2,1-4H3/t10-,12-/m1/s1. The van der Waals surface area contributed by atoms with Crippen LogP contribution in [0.3, 0.4) is 0 Å². The van der Waals surface area contributed by atoms with Gasteiger partial charge in [-0.3, -0.25) is 0 Å². The molecule has 0 bridgehead atoms. The van der Waals surface area contributed by atoms with Gasteiger partial charge in [-0.1, -0.05) is 0 Å². The first kappa shape index (κ1) is 13.7. The SMILES string of the molecule is C[C@@H]1C[C@H](NC2CC2)CCN1C(=O)OC(C)(C)C. The Hall–Kier alpha value is -0.770. The third-order valence-corrected chi connectivity index (χ3v) is 3.55. The second kappa shape index (κ2) is 5.08. The molecule has 2 aliphatic rings. The minimum Gasteiger partial charge on any atom is -0.444 e. The summed E-state index contributed by atoms with van der Waals surface area (Å²) in [5.41, 5.74) is -0.403. The van der Waals surface area contributed by atoms with E-state index < -0.39 is 5.60 Å². The Bertz CT molecular complexity index is 307. The Morgan fingerprint density at radius 1 is 1.22 bits per heavy atom. The average Bonchev–Trinajstić information content (AvgIpc) is 2.98. The van der Waals surface area contributed by atoms with Gasteiger partial charge in [-0.05, 0) is 53.4 Å². The first-order chi connectivity index (χ1) is 8.35. The number of carbonyl (C=O) groups is 1. The van der Waals surface area contributed by atoms with Crippen molar-refractivity contribution in [1.29, 1.82) is 0 Å². The highest BCUT2D eigenvalue weighted by molar-refractivity contribution is 5.68.